The van der Waals surface area contributed by atoms with Gasteiger partial charge in [-0.25, -0.2) is 0 Å². The Kier molecular flexibility index (Phi) is 3.58. The molecule has 0 bridgehead atoms. The van der Waals surface area contributed by atoms with Gasteiger partial charge in [0.15, 0.2) is 0 Å². The van der Waals surface area contributed by atoms with E-state index in [1.807, 2.05) is 45.9 Å². The second-order valence-corrected chi connectivity index (χ2v) is 4.94. The summed E-state index contributed by atoms with van der Waals surface area (Å²) in [5.74, 6) is 0.754. The van der Waals surface area contributed by atoms with Gasteiger partial charge >= 0.3 is 0 Å². The number of anilines is 1. The molecule has 1 amide bonds. The van der Waals surface area contributed by atoms with E-state index < -0.39 is 5.41 Å². The fraction of sp³-hybridized carbons (Fsp3) is 0.462. The minimum absolute atomic E-state index is 0.000142. The van der Waals surface area contributed by atoms with Crippen molar-refractivity contribution < 1.29 is 9.53 Å². The van der Waals surface area contributed by atoms with Crippen molar-refractivity contribution in [2.45, 2.75) is 27.7 Å². The summed E-state index contributed by atoms with van der Waals surface area (Å²) in [6.45, 7) is 7.62. The maximum Gasteiger partial charge on any atom is 0.229 e. The highest BCUT2D eigenvalue weighted by Crippen LogP contribution is 2.22. The minimum atomic E-state index is -0.392. The Morgan fingerprint density at radius 1 is 1.25 bits per heavy atom. The number of benzene rings is 1. The Morgan fingerprint density at radius 2 is 1.88 bits per heavy atom. The Hall–Kier alpha value is -1.51. The number of methoxy groups -OCH3 is 1. The summed E-state index contributed by atoms with van der Waals surface area (Å²) >= 11 is 0. The van der Waals surface area contributed by atoms with Crippen LogP contribution >= 0.6 is 0 Å². The number of aryl methyl sites for hydroxylation is 1. The third kappa shape index (κ3) is 3.26. The Balaban J connectivity index is 2.89. The van der Waals surface area contributed by atoms with Crippen LogP contribution in [0.1, 0.15) is 26.3 Å². The lowest BCUT2D eigenvalue weighted by Gasteiger charge is -2.18. The molecule has 0 atom stereocenters. The Labute approximate surface area is 96.8 Å². The van der Waals surface area contributed by atoms with Crippen LogP contribution in [0, 0.1) is 12.3 Å². The van der Waals surface area contributed by atoms with E-state index in [0.717, 1.165) is 17.0 Å². The van der Waals surface area contributed by atoms with Gasteiger partial charge in [0.25, 0.3) is 0 Å². The molecular weight excluding hydrogens is 202 g/mol. The second-order valence-electron chi connectivity index (χ2n) is 4.94. The lowest BCUT2D eigenvalue weighted by molar-refractivity contribution is -0.123. The van der Waals surface area contributed by atoms with Gasteiger partial charge in [-0.15, -0.1) is 0 Å². The van der Waals surface area contributed by atoms with E-state index in [0.29, 0.717) is 0 Å². The first kappa shape index (κ1) is 12.6. The number of rotatable bonds is 2. The fourth-order valence-electron chi connectivity index (χ4n) is 1.26. The summed E-state index contributed by atoms with van der Waals surface area (Å²) in [7, 11) is 1.62. The van der Waals surface area contributed by atoms with Crippen LogP contribution in [0.3, 0.4) is 0 Å². The summed E-state index contributed by atoms with van der Waals surface area (Å²) in [6.07, 6.45) is 0. The third-order valence-electron chi connectivity index (χ3n) is 2.23. The number of carbonyl (C=O) groups is 1. The van der Waals surface area contributed by atoms with E-state index in [4.69, 9.17) is 4.74 Å². The van der Waals surface area contributed by atoms with E-state index in [-0.39, 0.29) is 5.91 Å². The van der Waals surface area contributed by atoms with Crippen molar-refractivity contribution in [1.29, 1.82) is 0 Å². The first-order chi connectivity index (χ1) is 7.32. The molecule has 0 fully saturated rings. The molecule has 0 heterocycles. The normalized spacial score (nSPS) is 11.1. The number of hydrogen-bond donors (Lipinski definition) is 1. The van der Waals surface area contributed by atoms with E-state index >= 15 is 0 Å². The Morgan fingerprint density at radius 3 is 2.38 bits per heavy atom. The number of nitrogens with one attached hydrogen (secondary N) is 1. The van der Waals surface area contributed by atoms with Crippen LogP contribution in [0.15, 0.2) is 18.2 Å². The van der Waals surface area contributed by atoms with Gasteiger partial charge in [0.1, 0.15) is 5.75 Å². The van der Waals surface area contributed by atoms with Crippen LogP contribution in [0.2, 0.25) is 0 Å². The molecule has 3 nitrogen and oxygen atoms in total. The molecule has 1 rings (SSSR count). The average molecular weight is 221 g/mol. The molecule has 1 N–H and O–H groups in total. The molecule has 0 radical (unpaired) electrons. The van der Waals surface area contributed by atoms with Crippen molar-refractivity contribution in [2.75, 3.05) is 12.4 Å². The highest BCUT2D eigenvalue weighted by molar-refractivity contribution is 5.94. The molecule has 1 aromatic rings. The van der Waals surface area contributed by atoms with Gasteiger partial charge in [-0.05, 0) is 24.6 Å². The standard InChI is InChI=1S/C13H19NO2/c1-9-6-10(8-11(7-9)16-5)14-12(15)13(2,3)4/h6-8H,1-5H3,(H,14,15). The van der Waals surface area contributed by atoms with Crippen LogP contribution in [0.5, 0.6) is 5.75 Å². The summed E-state index contributed by atoms with van der Waals surface area (Å²) < 4.78 is 5.15. The van der Waals surface area contributed by atoms with Gasteiger partial charge < -0.3 is 10.1 Å². The number of hydrogen-bond acceptors (Lipinski definition) is 2. The van der Waals surface area contributed by atoms with Crippen molar-refractivity contribution in [3.8, 4) is 5.75 Å². The summed E-state index contributed by atoms with van der Waals surface area (Å²) in [6, 6.07) is 5.66. The van der Waals surface area contributed by atoms with Gasteiger partial charge in [0, 0.05) is 17.2 Å². The van der Waals surface area contributed by atoms with Crippen molar-refractivity contribution in [3.63, 3.8) is 0 Å². The van der Waals surface area contributed by atoms with Crippen LogP contribution < -0.4 is 10.1 Å². The monoisotopic (exact) mass is 221 g/mol. The first-order valence-electron chi connectivity index (χ1n) is 5.30. The lowest BCUT2D eigenvalue weighted by Crippen LogP contribution is -2.27. The molecule has 0 saturated heterocycles. The van der Waals surface area contributed by atoms with Gasteiger partial charge in [0.05, 0.1) is 7.11 Å². The number of ether oxygens (including phenoxy) is 1. The van der Waals surface area contributed by atoms with Crippen molar-refractivity contribution in [3.05, 3.63) is 23.8 Å². The van der Waals surface area contributed by atoms with Crippen molar-refractivity contribution in [1.82, 2.24) is 0 Å². The highest BCUT2D eigenvalue weighted by Gasteiger charge is 2.21. The van der Waals surface area contributed by atoms with E-state index in [2.05, 4.69) is 5.32 Å². The summed E-state index contributed by atoms with van der Waals surface area (Å²) in [5, 5.41) is 2.88. The van der Waals surface area contributed by atoms with Gasteiger partial charge in [-0.2, -0.15) is 0 Å². The maximum absolute atomic E-state index is 11.8. The molecule has 0 aliphatic carbocycles. The molecule has 0 aromatic heterocycles. The van der Waals surface area contributed by atoms with Crippen LogP contribution in [-0.4, -0.2) is 13.0 Å². The summed E-state index contributed by atoms with van der Waals surface area (Å²) in [4.78, 5) is 11.8. The maximum atomic E-state index is 11.8. The lowest BCUT2D eigenvalue weighted by atomic mass is 9.95. The SMILES string of the molecule is COc1cc(C)cc(NC(=O)C(C)(C)C)c1. The van der Waals surface area contributed by atoms with Gasteiger partial charge in [0.2, 0.25) is 5.91 Å². The molecule has 88 valence electrons. The Bertz CT molecular complexity index is 391. The first-order valence-corrected chi connectivity index (χ1v) is 5.30. The second kappa shape index (κ2) is 4.56. The zero-order valence-corrected chi connectivity index (χ0v) is 10.5. The fourth-order valence-corrected chi connectivity index (χ4v) is 1.26. The zero-order chi connectivity index (χ0) is 12.3. The molecule has 0 saturated carbocycles. The van der Waals surface area contributed by atoms with E-state index in [1.165, 1.54) is 0 Å². The third-order valence-corrected chi connectivity index (χ3v) is 2.23. The van der Waals surface area contributed by atoms with Crippen molar-refractivity contribution in [2.24, 2.45) is 5.41 Å². The predicted molar refractivity (Wildman–Crippen MR) is 65.8 cm³/mol. The molecule has 0 unspecified atom stereocenters. The molecule has 3 heteroatoms. The van der Waals surface area contributed by atoms with Gasteiger partial charge in [-0.3, -0.25) is 4.79 Å². The molecule has 0 spiro atoms. The smallest absolute Gasteiger partial charge is 0.229 e. The molecule has 16 heavy (non-hydrogen) atoms. The molecular formula is C13H19NO2. The highest BCUT2D eigenvalue weighted by atomic mass is 16.5. The zero-order valence-electron chi connectivity index (χ0n) is 10.5. The van der Waals surface area contributed by atoms with Crippen molar-refractivity contribution >= 4 is 11.6 Å². The molecule has 0 aliphatic heterocycles. The van der Waals surface area contributed by atoms with Crippen LogP contribution in [0.4, 0.5) is 5.69 Å². The molecule has 0 aliphatic rings. The van der Waals surface area contributed by atoms with Crippen LogP contribution in [0.25, 0.3) is 0 Å². The topological polar surface area (TPSA) is 38.3 Å². The van der Waals surface area contributed by atoms with E-state index in [9.17, 15) is 4.79 Å². The van der Waals surface area contributed by atoms with Gasteiger partial charge in [-0.1, -0.05) is 20.8 Å². The van der Waals surface area contributed by atoms with E-state index in [1.54, 1.807) is 7.11 Å². The minimum Gasteiger partial charge on any atom is -0.497 e. The number of amides is 1. The largest absolute Gasteiger partial charge is 0.497 e. The number of carbonyl (C=O) groups excluding carboxylic acids is 1. The summed E-state index contributed by atoms with van der Waals surface area (Å²) in [5.41, 5.74) is 1.44. The average Bonchev–Trinajstić information content (AvgIpc) is 2.15. The molecule has 1 aromatic carbocycles. The quantitative estimate of drug-likeness (QED) is 0.833. The predicted octanol–water partition coefficient (Wildman–Crippen LogP) is 2.99. The van der Waals surface area contributed by atoms with Crippen LogP contribution in [-0.2, 0) is 4.79 Å².